The first-order valence-electron chi connectivity index (χ1n) is 5.11. The van der Waals surface area contributed by atoms with Crippen LogP contribution < -0.4 is 15.2 Å². The van der Waals surface area contributed by atoms with Gasteiger partial charge in [-0.25, -0.2) is 0 Å². The van der Waals surface area contributed by atoms with E-state index in [0.29, 0.717) is 0 Å². The van der Waals surface area contributed by atoms with Gasteiger partial charge in [0.1, 0.15) is 5.84 Å². The fourth-order valence-electron chi connectivity index (χ4n) is 1.46. The van der Waals surface area contributed by atoms with Crippen LogP contribution in [0.25, 0.3) is 0 Å². The van der Waals surface area contributed by atoms with Gasteiger partial charge in [-0.3, -0.25) is 5.41 Å². The van der Waals surface area contributed by atoms with Crippen LogP contribution in [0.3, 0.4) is 0 Å². The molecule has 1 unspecified atom stereocenters. The fourth-order valence-corrected chi connectivity index (χ4v) is 2.86. The summed E-state index contributed by atoms with van der Waals surface area (Å²) >= 11 is 0. The highest BCUT2D eigenvalue weighted by Crippen LogP contribution is 2.32. The van der Waals surface area contributed by atoms with Crippen molar-refractivity contribution in [1.29, 1.82) is 5.41 Å². The molecule has 0 aromatic carbocycles. The topological polar surface area (TPSA) is 108 Å². The Labute approximate surface area is 89.3 Å². The van der Waals surface area contributed by atoms with Crippen LogP contribution in [-0.2, 0) is 10.2 Å². The van der Waals surface area contributed by atoms with Crippen molar-refractivity contribution in [2.24, 2.45) is 11.7 Å². The first-order valence-corrected chi connectivity index (χ1v) is 6.60. The van der Waals surface area contributed by atoms with Crippen molar-refractivity contribution < 1.29 is 8.42 Å². The van der Waals surface area contributed by atoms with Crippen molar-refractivity contribution in [2.45, 2.75) is 37.8 Å². The molecule has 0 aromatic heterocycles. The first-order chi connectivity index (χ1) is 6.98. The van der Waals surface area contributed by atoms with Gasteiger partial charge in [0.05, 0.1) is 6.04 Å². The van der Waals surface area contributed by atoms with Crippen LogP contribution in [0.2, 0.25) is 0 Å². The van der Waals surface area contributed by atoms with Gasteiger partial charge in [-0.05, 0) is 31.6 Å². The zero-order chi connectivity index (χ0) is 11.1. The lowest BCUT2D eigenvalue weighted by Gasteiger charge is -2.16. The number of nitrogens with two attached hydrogens (primary N) is 1. The summed E-state index contributed by atoms with van der Waals surface area (Å²) in [4.78, 5) is 0. The van der Waals surface area contributed by atoms with Crippen LogP contribution in [-0.4, -0.2) is 26.3 Å². The van der Waals surface area contributed by atoms with Crippen molar-refractivity contribution in [3.05, 3.63) is 0 Å². The van der Waals surface area contributed by atoms with Gasteiger partial charge in [0.15, 0.2) is 0 Å². The van der Waals surface area contributed by atoms with Crippen molar-refractivity contribution in [2.75, 3.05) is 0 Å². The van der Waals surface area contributed by atoms with E-state index in [9.17, 15) is 8.42 Å². The van der Waals surface area contributed by atoms with Crippen molar-refractivity contribution in [1.82, 2.24) is 9.44 Å². The Hall–Kier alpha value is -0.660. The van der Waals surface area contributed by atoms with Gasteiger partial charge in [-0.1, -0.05) is 0 Å². The van der Waals surface area contributed by atoms with Crippen LogP contribution in [0.4, 0.5) is 0 Å². The lowest BCUT2D eigenvalue weighted by Crippen LogP contribution is -2.50. The number of hydrogen-bond acceptors (Lipinski definition) is 3. The molecular formula is C8H16N4O2S. The number of hydrogen-bond donors (Lipinski definition) is 4. The predicted molar refractivity (Wildman–Crippen MR) is 56.6 cm³/mol. The van der Waals surface area contributed by atoms with E-state index >= 15 is 0 Å². The highest BCUT2D eigenvalue weighted by Gasteiger charge is 2.37. The summed E-state index contributed by atoms with van der Waals surface area (Å²) in [6.07, 6.45) is 3.68. The molecule has 0 amide bonds. The van der Waals surface area contributed by atoms with E-state index in [1.165, 1.54) is 0 Å². The van der Waals surface area contributed by atoms with Gasteiger partial charge in [0.25, 0.3) is 10.2 Å². The van der Waals surface area contributed by atoms with Crippen LogP contribution in [0.5, 0.6) is 0 Å². The van der Waals surface area contributed by atoms with E-state index in [2.05, 4.69) is 9.44 Å². The van der Waals surface area contributed by atoms with Crippen LogP contribution in [0.15, 0.2) is 0 Å². The highest BCUT2D eigenvalue weighted by atomic mass is 32.2. The molecule has 1 atom stereocenters. The molecule has 0 saturated heterocycles. The zero-order valence-electron chi connectivity index (χ0n) is 8.36. The lowest BCUT2D eigenvalue weighted by atomic mass is 10.2. The third kappa shape index (κ3) is 3.15. The fraction of sp³-hybridized carbons (Fsp3) is 0.875. The minimum atomic E-state index is -3.49. The second-order valence-electron chi connectivity index (χ2n) is 4.28. The monoisotopic (exact) mass is 232 g/mol. The molecule has 6 nitrogen and oxygen atoms in total. The average molecular weight is 232 g/mol. The second-order valence-corrected chi connectivity index (χ2v) is 5.76. The molecule has 0 spiro atoms. The largest absolute Gasteiger partial charge is 0.386 e. The molecule has 7 heteroatoms. The maximum atomic E-state index is 11.6. The standard InChI is InChI=1S/C8H16N4O2S/c9-8(10)7(5-1-2-5)12-15(13,14)11-6-3-4-6/h5-7,11-12H,1-4H2,(H3,9,10). The molecule has 2 aliphatic rings. The van der Waals surface area contributed by atoms with Gasteiger partial charge in [0.2, 0.25) is 0 Å². The quantitative estimate of drug-likeness (QED) is 0.359. The number of rotatable bonds is 6. The molecule has 5 N–H and O–H groups in total. The Morgan fingerprint density at radius 3 is 2.33 bits per heavy atom. The Bertz CT molecular complexity index is 359. The van der Waals surface area contributed by atoms with Crippen molar-refractivity contribution >= 4 is 16.0 Å². The SMILES string of the molecule is N=C(N)C(NS(=O)(=O)NC1CC1)C1CC1. The predicted octanol–water partition coefficient (Wildman–Crippen LogP) is -0.713. The molecule has 2 fully saturated rings. The Balaban J connectivity index is 1.94. The van der Waals surface area contributed by atoms with Crippen molar-refractivity contribution in [3.8, 4) is 0 Å². The molecule has 86 valence electrons. The molecule has 0 heterocycles. The van der Waals surface area contributed by atoms with Gasteiger partial charge in [0, 0.05) is 6.04 Å². The maximum Gasteiger partial charge on any atom is 0.277 e. The average Bonchev–Trinajstić information content (AvgIpc) is 2.92. The molecule has 0 bridgehead atoms. The molecule has 0 aliphatic heterocycles. The van der Waals surface area contributed by atoms with E-state index in [1.807, 2.05) is 0 Å². The minimum Gasteiger partial charge on any atom is -0.386 e. The van der Waals surface area contributed by atoms with Gasteiger partial charge in [-0.15, -0.1) is 0 Å². The van der Waals surface area contributed by atoms with Gasteiger partial charge >= 0.3 is 0 Å². The lowest BCUT2D eigenvalue weighted by molar-refractivity contribution is 0.548. The summed E-state index contributed by atoms with van der Waals surface area (Å²) in [5.41, 5.74) is 5.36. The Kier molecular flexibility index (Phi) is 2.70. The third-order valence-corrected chi connectivity index (χ3v) is 3.82. The third-order valence-electron chi connectivity index (χ3n) is 2.61. The Morgan fingerprint density at radius 2 is 1.93 bits per heavy atom. The van der Waals surface area contributed by atoms with Gasteiger partial charge in [-0.2, -0.15) is 17.9 Å². The highest BCUT2D eigenvalue weighted by molar-refractivity contribution is 7.87. The minimum absolute atomic E-state index is 0.0781. The van der Waals surface area contributed by atoms with Crippen LogP contribution in [0, 0.1) is 11.3 Å². The van der Waals surface area contributed by atoms with Crippen molar-refractivity contribution in [3.63, 3.8) is 0 Å². The molecule has 2 rings (SSSR count). The van der Waals surface area contributed by atoms with E-state index in [0.717, 1.165) is 25.7 Å². The van der Waals surface area contributed by atoms with Crippen LogP contribution >= 0.6 is 0 Å². The number of amidine groups is 1. The molecule has 15 heavy (non-hydrogen) atoms. The summed E-state index contributed by atoms with van der Waals surface area (Å²) in [6, 6.07) is -0.449. The molecule has 2 aliphatic carbocycles. The van der Waals surface area contributed by atoms with Crippen LogP contribution in [0.1, 0.15) is 25.7 Å². The van der Waals surface area contributed by atoms with E-state index in [4.69, 9.17) is 11.1 Å². The molecule has 0 radical (unpaired) electrons. The second kappa shape index (κ2) is 3.73. The summed E-state index contributed by atoms with van der Waals surface area (Å²) in [6.45, 7) is 0. The summed E-state index contributed by atoms with van der Waals surface area (Å²) < 4.78 is 28.1. The first kappa shape index (κ1) is 10.8. The maximum absolute atomic E-state index is 11.6. The molecular weight excluding hydrogens is 216 g/mol. The normalized spacial score (nSPS) is 23.7. The van der Waals surface area contributed by atoms with Gasteiger partial charge < -0.3 is 5.73 Å². The summed E-state index contributed by atoms with van der Waals surface area (Å²) in [5.74, 6) is 0.108. The molecule has 0 aromatic rings. The zero-order valence-corrected chi connectivity index (χ0v) is 9.18. The van der Waals surface area contributed by atoms with E-state index in [1.54, 1.807) is 0 Å². The Morgan fingerprint density at radius 1 is 1.33 bits per heavy atom. The number of nitrogens with one attached hydrogen (secondary N) is 3. The van der Waals surface area contributed by atoms with E-state index < -0.39 is 16.3 Å². The van der Waals surface area contributed by atoms with E-state index in [-0.39, 0.29) is 17.8 Å². The smallest absolute Gasteiger partial charge is 0.277 e. The molecule has 2 saturated carbocycles. The summed E-state index contributed by atoms with van der Waals surface area (Å²) in [5, 5.41) is 7.32. The summed E-state index contributed by atoms with van der Waals surface area (Å²) in [7, 11) is -3.49.